The third-order valence-electron chi connectivity index (χ3n) is 11.6. The van der Waals surface area contributed by atoms with E-state index in [1.807, 2.05) is 0 Å². The lowest BCUT2D eigenvalue weighted by molar-refractivity contribution is 0.587. The van der Waals surface area contributed by atoms with Crippen LogP contribution >= 0.6 is 0 Å². The standard InChI is InChI=1S/C51H36N2O/c1-32-40(38-24-23-33-13-5-6-16-35(33)27-38)25-26-45(52-51(32)34-14-3-2-4-15-34)44-30-39(31-49-50(44)42-20-10-12-22-48(42)54-49)53-46-21-11-9-19-41(46)43-28-36-17-7-8-18-37(36)29-47(43)53/h2-25,27-32,51H,26H2,1H3/t32-,51?/m0/s1. The maximum Gasteiger partial charge on any atom is 0.138 e. The minimum absolute atomic E-state index is 0.0714. The number of allylic oxidation sites excluding steroid dienone is 1. The quantitative estimate of drug-likeness (QED) is 0.181. The van der Waals surface area contributed by atoms with E-state index in [0.717, 1.165) is 38.9 Å². The molecule has 0 bridgehead atoms. The molecule has 2 aromatic heterocycles. The molecule has 54 heavy (non-hydrogen) atoms. The summed E-state index contributed by atoms with van der Waals surface area (Å²) in [5.41, 5.74) is 11.1. The zero-order valence-corrected chi connectivity index (χ0v) is 29.9. The van der Waals surface area contributed by atoms with E-state index in [2.05, 4.69) is 187 Å². The van der Waals surface area contributed by atoms with E-state index < -0.39 is 0 Å². The number of nitrogens with zero attached hydrogens (tertiary/aromatic N) is 2. The Kier molecular flexibility index (Phi) is 6.96. The minimum atomic E-state index is -0.0714. The van der Waals surface area contributed by atoms with Crippen LogP contribution in [0.5, 0.6) is 0 Å². The molecule has 256 valence electrons. The van der Waals surface area contributed by atoms with Gasteiger partial charge >= 0.3 is 0 Å². The van der Waals surface area contributed by atoms with Crippen molar-refractivity contribution in [2.45, 2.75) is 19.4 Å². The van der Waals surface area contributed by atoms with Gasteiger partial charge in [-0.15, -0.1) is 0 Å². The number of aromatic nitrogens is 1. The van der Waals surface area contributed by atoms with Gasteiger partial charge in [0.15, 0.2) is 0 Å². The molecule has 1 aliphatic rings. The molecule has 0 spiro atoms. The van der Waals surface area contributed by atoms with Gasteiger partial charge < -0.3 is 8.98 Å². The molecule has 0 saturated carbocycles. The van der Waals surface area contributed by atoms with Gasteiger partial charge in [-0.2, -0.15) is 0 Å². The number of aliphatic imine (C=N–C) groups is 1. The Morgan fingerprint density at radius 3 is 2.07 bits per heavy atom. The average Bonchev–Trinajstić information content (AvgIpc) is 3.70. The maximum atomic E-state index is 6.73. The number of benzene rings is 8. The first-order chi connectivity index (χ1) is 26.7. The van der Waals surface area contributed by atoms with Crippen LogP contribution < -0.4 is 0 Å². The molecular weight excluding hydrogens is 657 g/mol. The molecule has 3 heteroatoms. The van der Waals surface area contributed by atoms with Crippen molar-refractivity contribution in [2.24, 2.45) is 10.9 Å². The Hall–Kier alpha value is -6.71. The van der Waals surface area contributed by atoms with Crippen molar-refractivity contribution >= 4 is 76.6 Å². The lowest BCUT2D eigenvalue weighted by Gasteiger charge is -2.23. The van der Waals surface area contributed by atoms with Crippen LogP contribution in [0.1, 0.15) is 36.1 Å². The van der Waals surface area contributed by atoms with Crippen molar-refractivity contribution in [3.63, 3.8) is 0 Å². The van der Waals surface area contributed by atoms with Gasteiger partial charge in [-0.1, -0.05) is 140 Å². The Balaban J connectivity index is 1.18. The maximum absolute atomic E-state index is 6.73. The van der Waals surface area contributed by atoms with Gasteiger partial charge in [0, 0.05) is 51.2 Å². The summed E-state index contributed by atoms with van der Waals surface area (Å²) in [4.78, 5) is 5.77. The summed E-state index contributed by atoms with van der Waals surface area (Å²) in [5, 5.41) is 9.66. The highest BCUT2D eigenvalue weighted by molar-refractivity contribution is 6.20. The molecule has 0 saturated heterocycles. The Labute approximate surface area is 313 Å². The first-order valence-electron chi connectivity index (χ1n) is 18.9. The van der Waals surface area contributed by atoms with Gasteiger partial charge in [0.05, 0.1) is 22.8 Å². The van der Waals surface area contributed by atoms with E-state index in [-0.39, 0.29) is 12.0 Å². The van der Waals surface area contributed by atoms with Crippen LogP contribution in [0.15, 0.2) is 185 Å². The van der Waals surface area contributed by atoms with Crippen molar-refractivity contribution in [2.75, 3.05) is 0 Å². The van der Waals surface area contributed by atoms with Crippen LogP contribution in [0.4, 0.5) is 0 Å². The van der Waals surface area contributed by atoms with E-state index in [1.165, 1.54) is 60.1 Å². The molecule has 2 atom stereocenters. The van der Waals surface area contributed by atoms with Gasteiger partial charge in [-0.3, -0.25) is 4.99 Å². The molecule has 1 aliphatic heterocycles. The fourth-order valence-electron chi connectivity index (χ4n) is 8.97. The van der Waals surface area contributed by atoms with Crippen LogP contribution in [0.25, 0.3) is 76.5 Å². The fourth-order valence-corrected chi connectivity index (χ4v) is 8.97. The minimum Gasteiger partial charge on any atom is -0.456 e. The van der Waals surface area contributed by atoms with E-state index in [4.69, 9.17) is 9.41 Å². The summed E-state index contributed by atoms with van der Waals surface area (Å²) >= 11 is 0. The van der Waals surface area contributed by atoms with Crippen molar-refractivity contribution in [1.82, 2.24) is 4.57 Å². The van der Waals surface area contributed by atoms with Crippen molar-refractivity contribution in [1.29, 1.82) is 0 Å². The molecular formula is C51H36N2O. The van der Waals surface area contributed by atoms with Crippen LogP contribution in [0, 0.1) is 5.92 Å². The fraction of sp³-hybridized carbons (Fsp3) is 0.0784. The number of fused-ring (bicyclic) bond motifs is 8. The third kappa shape index (κ3) is 4.85. The van der Waals surface area contributed by atoms with Gasteiger partial charge in [0.2, 0.25) is 0 Å². The van der Waals surface area contributed by atoms with Crippen molar-refractivity contribution in [3.05, 3.63) is 193 Å². The number of hydrogen-bond donors (Lipinski definition) is 0. The highest BCUT2D eigenvalue weighted by Crippen LogP contribution is 2.43. The zero-order valence-electron chi connectivity index (χ0n) is 29.9. The summed E-state index contributed by atoms with van der Waals surface area (Å²) in [6.45, 7) is 2.34. The molecule has 3 nitrogen and oxygen atoms in total. The number of rotatable bonds is 4. The van der Waals surface area contributed by atoms with Crippen LogP contribution in [-0.2, 0) is 0 Å². The molecule has 0 aliphatic carbocycles. The van der Waals surface area contributed by atoms with Gasteiger partial charge in [-0.25, -0.2) is 0 Å². The summed E-state index contributed by atoms with van der Waals surface area (Å²) in [6, 6.07) is 61.3. The van der Waals surface area contributed by atoms with Crippen LogP contribution in [0.3, 0.4) is 0 Å². The second-order valence-corrected chi connectivity index (χ2v) is 14.7. The van der Waals surface area contributed by atoms with Crippen molar-refractivity contribution < 1.29 is 4.42 Å². The molecule has 8 aromatic carbocycles. The molecule has 0 radical (unpaired) electrons. The van der Waals surface area contributed by atoms with Gasteiger partial charge in [-0.05, 0) is 74.6 Å². The zero-order chi connectivity index (χ0) is 35.8. The molecule has 3 heterocycles. The van der Waals surface area contributed by atoms with E-state index >= 15 is 0 Å². The Morgan fingerprint density at radius 2 is 1.24 bits per heavy atom. The Bertz CT molecular complexity index is 3160. The molecule has 0 fully saturated rings. The molecule has 1 unspecified atom stereocenters. The van der Waals surface area contributed by atoms with Crippen LogP contribution in [0.2, 0.25) is 0 Å². The van der Waals surface area contributed by atoms with Crippen LogP contribution in [-0.4, -0.2) is 10.3 Å². The molecule has 11 rings (SSSR count). The topological polar surface area (TPSA) is 30.4 Å². The van der Waals surface area contributed by atoms with E-state index in [0.29, 0.717) is 6.42 Å². The average molecular weight is 693 g/mol. The summed E-state index contributed by atoms with van der Waals surface area (Å²) in [7, 11) is 0. The second-order valence-electron chi connectivity index (χ2n) is 14.7. The third-order valence-corrected chi connectivity index (χ3v) is 11.6. The highest BCUT2D eigenvalue weighted by Gasteiger charge is 2.28. The smallest absolute Gasteiger partial charge is 0.138 e. The number of para-hydroxylation sites is 2. The second kappa shape index (κ2) is 12.2. The normalized spacial score (nSPS) is 16.4. The molecule has 0 amide bonds. The summed E-state index contributed by atoms with van der Waals surface area (Å²) in [6.07, 6.45) is 3.13. The molecule has 10 aromatic rings. The van der Waals surface area contributed by atoms with Crippen molar-refractivity contribution in [3.8, 4) is 5.69 Å². The lowest BCUT2D eigenvalue weighted by Crippen LogP contribution is -2.11. The van der Waals surface area contributed by atoms with E-state index in [1.54, 1.807) is 0 Å². The number of hydrogen-bond acceptors (Lipinski definition) is 2. The predicted octanol–water partition coefficient (Wildman–Crippen LogP) is 13.6. The highest BCUT2D eigenvalue weighted by atomic mass is 16.3. The first-order valence-corrected chi connectivity index (χ1v) is 18.9. The largest absolute Gasteiger partial charge is 0.456 e. The SMILES string of the molecule is C[C@H]1C(c2ccc3ccccc3c2)=CCC(c2cc(-n3c4ccccc4c4cc5ccccc5cc43)cc3oc4ccccc4c23)=NC1c1ccccc1. The number of furan rings is 1. The summed E-state index contributed by atoms with van der Waals surface area (Å²) in [5.74, 6) is 0.149. The summed E-state index contributed by atoms with van der Waals surface area (Å²) < 4.78 is 9.14. The van der Waals surface area contributed by atoms with Gasteiger partial charge in [0.1, 0.15) is 11.2 Å². The molecule has 0 N–H and O–H groups in total. The monoisotopic (exact) mass is 692 g/mol. The first kappa shape index (κ1) is 30.9. The van der Waals surface area contributed by atoms with E-state index in [9.17, 15) is 0 Å². The lowest BCUT2D eigenvalue weighted by atomic mass is 9.84. The van der Waals surface area contributed by atoms with Gasteiger partial charge in [0.25, 0.3) is 0 Å². The Morgan fingerprint density at radius 1 is 0.556 bits per heavy atom. The predicted molar refractivity (Wildman–Crippen MR) is 227 cm³/mol.